The highest BCUT2D eigenvalue weighted by Gasteiger charge is 2.21. The van der Waals surface area contributed by atoms with Gasteiger partial charge in [-0.1, -0.05) is 12.1 Å². The largest absolute Gasteiger partial charge is 0.378 e. The molecule has 182 valence electrons. The third-order valence-electron chi connectivity index (χ3n) is 6.30. The van der Waals surface area contributed by atoms with Crippen molar-refractivity contribution in [3.05, 3.63) is 54.2 Å². The van der Waals surface area contributed by atoms with Crippen LogP contribution in [0.5, 0.6) is 0 Å². The number of pyridine rings is 1. The van der Waals surface area contributed by atoms with Crippen LogP contribution in [0, 0.1) is 0 Å². The zero-order chi connectivity index (χ0) is 24.2. The number of anilines is 2. The monoisotopic (exact) mass is 475 g/mol. The van der Waals surface area contributed by atoms with Crippen LogP contribution >= 0.6 is 0 Å². The van der Waals surface area contributed by atoms with Gasteiger partial charge in [-0.05, 0) is 30.3 Å². The predicted octanol–water partition coefficient (Wildman–Crippen LogP) is 2.12. The highest BCUT2D eigenvalue weighted by atomic mass is 16.5. The maximum atomic E-state index is 12.4. The molecule has 5 rings (SSSR count). The average Bonchev–Trinajstić information content (AvgIpc) is 3.36. The topological polar surface area (TPSA) is 129 Å². The molecule has 5 N–H and O–H groups in total. The number of aromatic nitrogens is 2. The third kappa shape index (κ3) is 5.13. The van der Waals surface area contributed by atoms with Crippen molar-refractivity contribution in [1.29, 1.82) is 0 Å². The number of H-pyrrole nitrogens is 1. The molecule has 0 saturated carbocycles. The van der Waals surface area contributed by atoms with Gasteiger partial charge in [0, 0.05) is 68.0 Å². The summed E-state index contributed by atoms with van der Waals surface area (Å²) in [6.45, 7) is 5.62. The van der Waals surface area contributed by atoms with E-state index < -0.39 is 5.91 Å². The number of aromatic amines is 1. The van der Waals surface area contributed by atoms with Crippen molar-refractivity contribution in [2.24, 2.45) is 5.73 Å². The van der Waals surface area contributed by atoms with Crippen LogP contribution in [0.3, 0.4) is 0 Å². The Morgan fingerprint density at radius 1 is 0.971 bits per heavy atom. The first kappa shape index (κ1) is 22.9. The number of primary amides is 1. The predicted molar refractivity (Wildman–Crippen MR) is 134 cm³/mol. The van der Waals surface area contributed by atoms with Gasteiger partial charge in [-0.3, -0.25) is 9.78 Å². The highest BCUT2D eigenvalue weighted by molar-refractivity contribution is 5.99. The number of rotatable bonds is 5. The van der Waals surface area contributed by atoms with Crippen LogP contribution in [-0.2, 0) is 4.74 Å². The fraction of sp³-hybridized carbons (Fsp3) is 0.320. The Balaban J connectivity index is 1.34. The van der Waals surface area contributed by atoms with Crippen molar-refractivity contribution in [3.8, 4) is 22.5 Å². The molecular weight excluding hydrogens is 446 g/mol. The minimum atomic E-state index is -0.454. The molecule has 35 heavy (non-hydrogen) atoms. The molecule has 0 atom stereocenters. The number of carbonyl (C=O) groups is 2. The van der Waals surface area contributed by atoms with Gasteiger partial charge in [0.1, 0.15) is 5.82 Å². The maximum absolute atomic E-state index is 12.4. The Kier molecular flexibility index (Phi) is 6.64. The fourth-order valence-corrected chi connectivity index (χ4v) is 4.37. The number of hydrogen-bond donors (Lipinski definition) is 4. The second-order valence-corrected chi connectivity index (χ2v) is 8.58. The molecule has 2 aliphatic heterocycles. The molecule has 2 saturated heterocycles. The first-order chi connectivity index (χ1) is 17.1. The molecule has 0 spiro atoms. The Hall–Kier alpha value is -3.89. The molecule has 0 unspecified atom stereocenters. The van der Waals surface area contributed by atoms with Crippen LogP contribution in [0.4, 0.5) is 16.3 Å². The van der Waals surface area contributed by atoms with Crippen LogP contribution in [0.15, 0.2) is 48.7 Å². The average molecular weight is 476 g/mol. The number of ether oxygens (including phenoxy) is 1. The summed E-state index contributed by atoms with van der Waals surface area (Å²) >= 11 is 0. The zero-order valence-corrected chi connectivity index (χ0v) is 19.4. The second kappa shape index (κ2) is 10.2. The van der Waals surface area contributed by atoms with Crippen LogP contribution in [0.25, 0.3) is 22.5 Å². The maximum Gasteiger partial charge on any atom is 0.321 e. The van der Waals surface area contributed by atoms with Crippen molar-refractivity contribution in [2.45, 2.75) is 0 Å². The van der Waals surface area contributed by atoms with E-state index in [-0.39, 0.29) is 6.03 Å². The summed E-state index contributed by atoms with van der Waals surface area (Å²) in [7, 11) is 0. The molecule has 4 heterocycles. The summed E-state index contributed by atoms with van der Waals surface area (Å²) in [5.74, 6) is 0.303. The summed E-state index contributed by atoms with van der Waals surface area (Å²) in [5, 5.41) is 6.25. The lowest BCUT2D eigenvalue weighted by molar-refractivity contribution is 0.0564. The van der Waals surface area contributed by atoms with Gasteiger partial charge >= 0.3 is 6.03 Å². The number of nitrogens with one attached hydrogen (secondary N) is 3. The van der Waals surface area contributed by atoms with E-state index in [0.29, 0.717) is 31.9 Å². The highest BCUT2D eigenvalue weighted by Crippen LogP contribution is 2.30. The number of piperazine rings is 1. The number of carbonyl (C=O) groups excluding carboxylic acids is 2. The lowest BCUT2D eigenvalue weighted by Crippen LogP contribution is -2.44. The molecule has 2 aliphatic rings. The lowest BCUT2D eigenvalue weighted by Gasteiger charge is -2.28. The quantitative estimate of drug-likeness (QED) is 0.447. The first-order valence-corrected chi connectivity index (χ1v) is 11.8. The van der Waals surface area contributed by atoms with Crippen molar-refractivity contribution in [2.75, 3.05) is 62.7 Å². The van der Waals surface area contributed by atoms with E-state index >= 15 is 0 Å². The minimum Gasteiger partial charge on any atom is -0.378 e. The summed E-state index contributed by atoms with van der Waals surface area (Å²) in [6.07, 6.45) is 1.74. The van der Waals surface area contributed by atoms with Crippen LogP contribution in [0.2, 0.25) is 0 Å². The van der Waals surface area contributed by atoms with E-state index in [1.807, 2.05) is 42.5 Å². The van der Waals surface area contributed by atoms with Gasteiger partial charge in [-0.15, -0.1) is 0 Å². The number of nitrogens with zero attached hydrogens (tertiary/aromatic N) is 3. The Morgan fingerprint density at radius 2 is 1.71 bits per heavy atom. The molecular formula is C25H29N7O3. The van der Waals surface area contributed by atoms with Gasteiger partial charge in [-0.25, -0.2) is 4.79 Å². The number of urea groups is 1. The summed E-state index contributed by atoms with van der Waals surface area (Å²) in [5.41, 5.74) is 10.3. The van der Waals surface area contributed by atoms with Crippen LogP contribution in [-0.4, -0.2) is 79.3 Å². The molecule has 0 radical (unpaired) electrons. The summed E-state index contributed by atoms with van der Waals surface area (Å²) in [6, 6.07) is 13.1. The van der Waals surface area contributed by atoms with Gasteiger partial charge in [0.05, 0.1) is 24.5 Å². The molecule has 10 nitrogen and oxygen atoms in total. The number of amides is 3. The second-order valence-electron chi connectivity index (χ2n) is 8.58. The molecule has 0 bridgehead atoms. The number of hydrogen-bond acceptors (Lipinski definition) is 6. The Labute approximate surface area is 203 Å². The lowest BCUT2D eigenvalue weighted by atomic mass is 10.1. The smallest absolute Gasteiger partial charge is 0.321 e. The number of morpholine rings is 1. The van der Waals surface area contributed by atoms with Gasteiger partial charge in [-0.2, -0.15) is 0 Å². The van der Waals surface area contributed by atoms with E-state index in [0.717, 1.165) is 60.2 Å². The van der Waals surface area contributed by atoms with Crippen molar-refractivity contribution in [1.82, 2.24) is 20.2 Å². The molecule has 1 aromatic carbocycles. The van der Waals surface area contributed by atoms with E-state index in [1.165, 1.54) is 0 Å². The standard InChI is InChI=1S/C25H29N7O3/c26-23(33)20-16-22(30-24(20)31-9-7-27-8-10-31)18-5-6-28-21(15-18)17-1-3-19(4-2-17)29-25(34)32-11-13-35-14-12-32/h1-6,15-16,27,30H,7-14H2,(H2,26,33)(H,29,34). The SMILES string of the molecule is NC(=O)c1cc(-c2ccnc(-c3ccc(NC(=O)N4CCOCC4)cc3)c2)[nH]c1N1CCNCC1. The first-order valence-electron chi connectivity index (χ1n) is 11.8. The van der Waals surface area contributed by atoms with Crippen molar-refractivity contribution in [3.63, 3.8) is 0 Å². The number of benzene rings is 1. The third-order valence-corrected chi connectivity index (χ3v) is 6.30. The minimum absolute atomic E-state index is 0.126. The van der Waals surface area contributed by atoms with E-state index in [2.05, 4.69) is 25.5 Å². The van der Waals surface area contributed by atoms with E-state index in [4.69, 9.17) is 10.5 Å². The van der Waals surface area contributed by atoms with E-state index in [1.54, 1.807) is 11.1 Å². The van der Waals surface area contributed by atoms with Gasteiger partial charge in [0.25, 0.3) is 5.91 Å². The van der Waals surface area contributed by atoms with Crippen molar-refractivity contribution >= 4 is 23.4 Å². The van der Waals surface area contributed by atoms with Crippen LogP contribution < -0.4 is 21.3 Å². The Morgan fingerprint density at radius 3 is 2.43 bits per heavy atom. The van der Waals surface area contributed by atoms with Gasteiger partial charge < -0.3 is 35.9 Å². The van der Waals surface area contributed by atoms with Crippen LogP contribution in [0.1, 0.15) is 10.4 Å². The number of nitrogens with two attached hydrogens (primary N) is 1. The molecule has 3 aromatic rings. The normalized spacial score (nSPS) is 16.2. The van der Waals surface area contributed by atoms with Gasteiger partial charge in [0.2, 0.25) is 0 Å². The zero-order valence-electron chi connectivity index (χ0n) is 19.4. The molecule has 0 aliphatic carbocycles. The molecule has 2 aromatic heterocycles. The Bertz CT molecular complexity index is 1200. The van der Waals surface area contributed by atoms with Crippen molar-refractivity contribution < 1.29 is 14.3 Å². The fourth-order valence-electron chi connectivity index (χ4n) is 4.37. The summed E-state index contributed by atoms with van der Waals surface area (Å²) < 4.78 is 5.30. The molecule has 10 heteroatoms. The van der Waals surface area contributed by atoms with E-state index in [9.17, 15) is 9.59 Å². The summed E-state index contributed by atoms with van der Waals surface area (Å²) in [4.78, 5) is 36.3. The van der Waals surface area contributed by atoms with Gasteiger partial charge in [0.15, 0.2) is 0 Å². The molecule has 2 fully saturated rings. The molecule has 3 amide bonds.